The van der Waals surface area contributed by atoms with E-state index in [-0.39, 0.29) is 17.9 Å². The Hall–Kier alpha value is -3.87. The molecule has 7 heteroatoms. The molecule has 1 unspecified atom stereocenters. The number of aromatic nitrogens is 1. The highest BCUT2D eigenvalue weighted by molar-refractivity contribution is 5.91. The predicted octanol–water partition coefficient (Wildman–Crippen LogP) is 6.71. The number of aryl methyl sites for hydroxylation is 1. The summed E-state index contributed by atoms with van der Waals surface area (Å²) in [5.41, 5.74) is 4.45. The summed E-state index contributed by atoms with van der Waals surface area (Å²) in [5, 5.41) is 2.97. The summed E-state index contributed by atoms with van der Waals surface area (Å²) in [4.78, 5) is 19.6. The van der Waals surface area contributed by atoms with Gasteiger partial charge in [0.15, 0.2) is 5.58 Å². The molecule has 1 aromatic heterocycles. The smallest absolute Gasteiger partial charge is 0.322 e. The van der Waals surface area contributed by atoms with Gasteiger partial charge in [-0.15, -0.1) is 0 Å². The highest BCUT2D eigenvalue weighted by Crippen LogP contribution is 2.35. The Labute approximate surface area is 197 Å². The van der Waals surface area contributed by atoms with Gasteiger partial charge in [-0.3, -0.25) is 0 Å². The first-order valence-corrected chi connectivity index (χ1v) is 11.5. The van der Waals surface area contributed by atoms with Gasteiger partial charge in [-0.05, 0) is 79.8 Å². The fourth-order valence-electron chi connectivity index (χ4n) is 4.40. The molecular formula is C27H26FN3O3. The van der Waals surface area contributed by atoms with E-state index < -0.39 is 0 Å². The van der Waals surface area contributed by atoms with Gasteiger partial charge < -0.3 is 19.4 Å². The van der Waals surface area contributed by atoms with Gasteiger partial charge in [-0.2, -0.15) is 0 Å². The Bertz CT molecular complexity index is 1350. The van der Waals surface area contributed by atoms with Gasteiger partial charge in [-0.1, -0.05) is 24.3 Å². The van der Waals surface area contributed by atoms with Gasteiger partial charge in [0.05, 0.1) is 12.3 Å². The van der Waals surface area contributed by atoms with Crippen LogP contribution in [-0.2, 0) is 0 Å². The van der Waals surface area contributed by atoms with Crippen LogP contribution in [0, 0.1) is 12.7 Å². The second kappa shape index (κ2) is 9.17. The number of hydrogen-bond acceptors (Lipinski definition) is 4. The molecule has 5 rings (SSSR count). The lowest BCUT2D eigenvalue weighted by Gasteiger charge is -2.23. The lowest BCUT2D eigenvalue weighted by atomic mass is 10.0. The average Bonchev–Trinajstić information content (AvgIpc) is 3.49. The zero-order valence-corrected chi connectivity index (χ0v) is 19.2. The number of rotatable bonds is 5. The Balaban J connectivity index is 1.39. The van der Waals surface area contributed by atoms with E-state index in [0.717, 1.165) is 24.0 Å². The number of oxazole rings is 1. The Morgan fingerprint density at radius 3 is 2.79 bits per heavy atom. The summed E-state index contributed by atoms with van der Waals surface area (Å²) in [6.45, 7) is 4.79. The molecule has 1 aliphatic rings. The zero-order valence-electron chi connectivity index (χ0n) is 19.2. The van der Waals surface area contributed by atoms with E-state index in [1.54, 1.807) is 17.9 Å². The summed E-state index contributed by atoms with van der Waals surface area (Å²) in [6.07, 6.45) is 1.64. The minimum Gasteiger partial charge on any atom is -0.492 e. The molecule has 0 aliphatic carbocycles. The van der Waals surface area contributed by atoms with Crippen LogP contribution in [0.4, 0.5) is 14.9 Å². The molecule has 1 fully saturated rings. The maximum atomic E-state index is 13.7. The maximum Gasteiger partial charge on any atom is 0.322 e. The van der Waals surface area contributed by atoms with Gasteiger partial charge in [0, 0.05) is 6.54 Å². The van der Waals surface area contributed by atoms with Gasteiger partial charge in [0.2, 0.25) is 5.89 Å². The van der Waals surface area contributed by atoms with Crippen molar-refractivity contribution in [2.75, 3.05) is 18.5 Å². The maximum absolute atomic E-state index is 13.7. The lowest BCUT2D eigenvalue weighted by Crippen LogP contribution is -2.34. The summed E-state index contributed by atoms with van der Waals surface area (Å²) in [5.74, 6) is 0.935. The third-order valence-corrected chi connectivity index (χ3v) is 6.12. The number of amides is 2. The number of likely N-dealkylation sites (tertiary alicyclic amines) is 1. The molecule has 1 aliphatic heterocycles. The molecule has 4 aromatic rings. The number of ether oxygens (including phenoxy) is 1. The van der Waals surface area contributed by atoms with Crippen molar-refractivity contribution >= 4 is 22.8 Å². The van der Waals surface area contributed by atoms with Crippen LogP contribution in [0.1, 0.15) is 37.3 Å². The molecule has 0 spiro atoms. The number of halogens is 1. The Morgan fingerprint density at radius 1 is 1.18 bits per heavy atom. The van der Waals surface area contributed by atoms with Crippen molar-refractivity contribution in [3.8, 4) is 16.9 Å². The van der Waals surface area contributed by atoms with Crippen molar-refractivity contribution in [1.82, 2.24) is 9.88 Å². The lowest BCUT2D eigenvalue weighted by molar-refractivity contribution is 0.198. The number of anilines is 1. The van der Waals surface area contributed by atoms with Crippen molar-refractivity contribution < 1.29 is 18.3 Å². The number of urea groups is 1. The van der Waals surface area contributed by atoms with Crippen LogP contribution < -0.4 is 10.1 Å². The number of benzene rings is 3. The minimum absolute atomic E-state index is 0.209. The average molecular weight is 460 g/mol. The van der Waals surface area contributed by atoms with Crippen LogP contribution in [0.15, 0.2) is 65.1 Å². The number of nitrogens with one attached hydrogen (secondary N) is 1. The molecule has 1 N–H and O–H groups in total. The third-order valence-electron chi connectivity index (χ3n) is 6.12. The number of carbonyl (C=O) groups is 1. The predicted molar refractivity (Wildman–Crippen MR) is 129 cm³/mol. The molecule has 3 aromatic carbocycles. The molecule has 1 atom stereocenters. The zero-order chi connectivity index (χ0) is 23.7. The number of para-hydroxylation sites is 2. The van der Waals surface area contributed by atoms with Gasteiger partial charge >= 0.3 is 6.03 Å². The van der Waals surface area contributed by atoms with Crippen LogP contribution in [0.3, 0.4) is 0 Å². The first kappa shape index (κ1) is 21.9. The largest absolute Gasteiger partial charge is 0.492 e. The standard InChI is InChI=1S/C27H26FN3O3/c1-3-33-24-9-5-4-7-21(24)30-27(32)31-14-6-8-23(31)26-29-22-16-19(11-13-25(22)34-26)18-10-12-20(28)17(2)15-18/h4-5,7,9-13,15-16,23H,3,6,8,14H2,1-2H3,(H,30,32). The summed E-state index contributed by atoms with van der Waals surface area (Å²) >= 11 is 0. The highest BCUT2D eigenvalue weighted by Gasteiger charge is 2.34. The molecule has 0 radical (unpaired) electrons. The SMILES string of the molecule is CCOc1ccccc1NC(=O)N1CCCC1c1nc2cc(-c3ccc(F)c(C)c3)ccc2o1. The first-order chi connectivity index (χ1) is 16.5. The number of fused-ring (bicyclic) bond motifs is 1. The van der Waals surface area contributed by atoms with Crippen molar-refractivity contribution in [2.24, 2.45) is 0 Å². The molecule has 1 saturated heterocycles. The molecule has 2 amide bonds. The summed E-state index contributed by atoms with van der Waals surface area (Å²) in [6, 6.07) is 17.7. The third kappa shape index (κ3) is 4.21. The molecule has 34 heavy (non-hydrogen) atoms. The molecule has 174 valence electrons. The second-order valence-electron chi connectivity index (χ2n) is 8.41. The molecule has 0 saturated carbocycles. The van der Waals surface area contributed by atoms with Gasteiger partial charge in [-0.25, -0.2) is 14.2 Å². The Morgan fingerprint density at radius 2 is 1.97 bits per heavy atom. The van der Waals surface area contributed by atoms with Crippen LogP contribution in [-0.4, -0.2) is 29.1 Å². The van der Waals surface area contributed by atoms with E-state index in [0.29, 0.717) is 47.1 Å². The van der Waals surface area contributed by atoms with Crippen LogP contribution >= 0.6 is 0 Å². The normalized spacial score (nSPS) is 15.6. The Kier molecular flexibility index (Phi) is 5.92. The van der Waals surface area contributed by atoms with E-state index in [1.807, 2.05) is 55.5 Å². The highest BCUT2D eigenvalue weighted by atomic mass is 19.1. The summed E-state index contributed by atoms with van der Waals surface area (Å²) < 4.78 is 25.4. The molecule has 0 bridgehead atoms. The van der Waals surface area contributed by atoms with E-state index >= 15 is 0 Å². The number of carbonyl (C=O) groups excluding carboxylic acids is 1. The molecule has 6 nitrogen and oxygen atoms in total. The fourth-order valence-corrected chi connectivity index (χ4v) is 4.40. The second-order valence-corrected chi connectivity index (χ2v) is 8.41. The monoisotopic (exact) mass is 459 g/mol. The van der Waals surface area contributed by atoms with Crippen LogP contribution in [0.25, 0.3) is 22.2 Å². The fraction of sp³-hybridized carbons (Fsp3) is 0.259. The van der Waals surface area contributed by atoms with E-state index in [9.17, 15) is 9.18 Å². The van der Waals surface area contributed by atoms with E-state index in [2.05, 4.69) is 5.32 Å². The van der Waals surface area contributed by atoms with Crippen LogP contribution in [0.5, 0.6) is 5.75 Å². The number of nitrogens with zero attached hydrogens (tertiary/aromatic N) is 2. The van der Waals surface area contributed by atoms with E-state index in [4.69, 9.17) is 14.1 Å². The van der Waals surface area contributed by atoms with Crippen molar-refractivity contribution in [2.45, 2.75) is 32.7 Å². The van der Waals surface area contributed by atoms with Gasteiger partial charge in [0.1, 0.15) is 23.1 Å². The topological polar surface area (TPSA) is 67.6 Å². The first-order valence-electron chi connectivity index (χ1n) is 11.5. The number of hydrogen-bond donors (Lipinski definition) is 1. The summed E-state index contributed by atoms with van der Waals surface area (Å²) in [7, 11) is 0. The molecule has 2 heterocycles. The van der Waals surface area contributed by atoms with E-state index in [1.165, 1.54) is 6.07 Å². The van der Waals surface area contributed by atoms with Crippen molar-refractivity contribution in [3.63, 3.8) is 0 Å². The van der Waals surface area contributed by atoms with Crippen LogP contribution in [0.2, 0.25) is 0 Å². The minimum atomic E-state index is -0.247. The van der Waals surface area contributed by atoms with Crippen molar-refractivity contribution in [1.29, 1.82) is 0 Å². The molecular weight excluding hydrogens is 433 g/mol. The van der Waals surface area contributed by atoms with Gasteiger partial charge in [0.25, 0.3) is 0 Å². The quantitative estimate of drug-likeness (QED) is 0.360. The van der Waals surface area contributed by atoms with Crippen molar-refractivity contribution in [3.05, 3.63) is 77.9 Å².